The van der Waals surface area contributed by atoms with Gasteiger partial charge in [0.15, 0.2) is 0 Å². The lowest BCUT2D eigenvalue weighted by molar-refractivity contribution is -0.130. The molecule has 2 fully saturated rings. The van der Waals surface area contributed by atoms with E-state index in [0.717, 1.165) is 23.6 Å². The van der Waals surface area contributed by atoms with Crippen LogP contribution in [0, 0.1) is 5.82 Å². The molecule has 184 valence electrons. The number of rotatable bonds is 6. The van der Waals surface area contributed by atoms with Gasteiger partial charge in [-0.05, 0) is 60.9 Å². The molecule has 9 heteroatoms. The lowest BCUT2D eigenvalue weighted by atomic mass is 10.0. The van der Waals surface area contributed by atoms with E-state index < -0.39 is 11.6 Å². The second-order valence-corrected chi connectivity index (χ2v) is 9.79. The number of imide groups is 1. The number of benzene rings is 2. The fraction of sp³-hybridized carbons (Fsp3) is 0.346. The van der Waals surface area contributed by atoms with Crippen LogP contribution < -0.4 is 5.32 Å². The molecule has 0 aromatic heterocycles. The average Bonchev–Trinajstić information content (AvgIpc) is 3.01. The molecule has 0 spiro atoms. The zero-order valence-electron chi connectivity index (χ0n) is 19.8. The first-order valence-corrected chi connectivity index (χ1v) is 11.9. The van der Waals surface area contributed by atoms with Gasteiger partial charge in [-0.25, -0.2) is 9.18 Å². The van der Waals surface area contributed by atoms with E-state index in [9.17, 15) is 18.8 Å². The SMILES string of the molecule is CC1(C)NC(=O)N(Cc2cc(Cl)ccc2/C=C/C(=O)N2CCN(Cc3ccc(F)cc3)CC2)C1=O. The van der Waals surface area contributed by atoms with Crippen LogP contribution in [-0.4, -0.2) is 64.3 Å². The summed E-state index contributed by atoms with van der Waals surface area (Å²) >= 11 is 6.17. The average molecular weight is 499 g/mol. The summed E-state index contributed by atoms with van der Waals surface area (Å²) in [6.45, 7) is 6.73. The second kappa shape index (κ2) is 10.2. The summed E-state index contributed by atoms with van der Waals surface area (Å²) in [5, 5.41) is 3.15. The minimum atomic E-state index is -0.958. The van der Waals surface area contributed by atoms with Crippen LogP contribution in [0.4, 0.5) is 9.18 Å². The number of carbonyl (C=O) groups excluding carboxylic acids is 3. The molecular formula is C26H28ClFN4O3. The Morgan fingerprint density at radius 3 is 2.37 bits per heavy atom. The molecule has 0 atom stereocenters. The van der Waals surface area contributed by atoms with Gasteiger partial charge in [0.2, 0.25) is 5.91 Å². The molecule has 0 unspecified atom stereocenters. The Morgan fingerprint density at radius 2 is 1.74 bits per heavy atom. The number of urea groups is 1. The van der Waals surface area contributed by atoms with Crippen molar-refractivity contribution >= 4 is 35.5 Å². The fourth-order valence-electron chi connectivity index (χ4n) is 4.25. The van der Waals surface area contributed by atoms with Crippen molar-refractivity contribution in [1.29, 1.82) is 0 Å². The predicted octanol–water partition coefficient (Wildman–Crippen LogP) is 3.67. The summed E-state index contributed by atoms with van der Waals surface area (Å²) < 4.78 is 13.1. The quantitative estimate of drug-likeness (QED) is 0.487. The highest BCUT2D eigenvalue weighted by Gasteiger charge is 2.44. The van der Waals surface area contributed by atoms with Gasteiger partial charge in [0, 0.05) is 43.8 Å². The first-order chi connectivity index (χ1) is 16.6. The molecule has 35 heavy (non-hydrogen) atoms. The maximum atomic E-state index is 13.1. The summed E-state index contributed by atoms with van der Waals surface area (Å²) in [6, 6.07) is 11.2. The molecule has 1 N–H and O–H groups in total. The summed E-state index contributed by atoms with van der Waals surface area (Å²) in [6.07, 6.45) is 3.21. The Kier molecular flexibility index (Phi) is 7.23. The first kappa shape index (κ1) is 24.9. The normalized spacial score (nSPS) is 18.4. The van der Waals surface area contributed by atoms with Gasteiger partial charge in [0.05, 0.1) is 6.54 Å². The van der Waals surface area contributed by atoms with Crippen molar-refractivity contribution in [3.05, 3.63) is 76.1 Å². The van der Waals surface area contributed by atoms with E-state index in [1.807, 2.05) is 0 Å². The predicted molar refractivity (Wildman–Crippen MR) is 132 cm³/mol. The lowest BCUT2D eigenvalue weighted by Gasteiger charge is -2.34. The number of hydrogen-bond donors (Lipinski definition) is 1. The molecule has 0 aliphatic carbocycles. The highest BCUT2D eigenvalue weighted by molar-refractivity contribution is 6.30. The third-order valence-electron chi connectivity index (χ3n) is 6.29. The van der Waals surface area contributed by atoms with Gasteiger partial charge in [0.25, 0.3) is 5.91 Å². The summed E-state index contributed by atoms with van der Waals surface area (Å²) in [4.78, 5) is 42.9. The molecule has 2 saturated heterocycles. The maximum absolute atomic E-state index is 13.1. The molecular weight excluding hydrogens is 471 g/mol. The molecule has 7 nitrogen and oxygen atoms in total. The standard InChI is InChI=1S/C26H28ClFN4O3/c1-26(2)24(34)32(25(35)29-26)17-20-15-21(27)7-5-19(20)6-10-23(33)31-13-11-30(12-14-31)16-18-3-8-22(28)9-4-18/h3-10,15H,11-14,16-17H2,1-2H3,(H,29,35)/b10-6+. The van der Waals surface area contributed by atoms with Crippen molar-refractivity contribution in [3.8, 4) is 0 Å². The summed E-state index contributed by atoms with van der Waals surface area (Å²) in [5.74, 6) is -0.672. The van der Waals surface area contributed by atoms with Crippen LogP contribution in [0.2, 0.25) is 5.02 Å². The number of hydrogen-bond acceptors (Lipinski definition) is 4. The molecule has 2 heterocycles. The van der Waals surface area contributed by atoms with E-state index in [4.69, 9.17) is 11.6 Å². The van der Waals surface area contributed by atoms with E-state index in [0.29, 0.717) is 35.8 Å². The van der Waals surface area contributed by atoms with Crippen LogP contribution in [0.25, 0.3) is 6.08 Å². The van der Waals surface area contributed by atoms with Crippen molar-refractivity contribution in [2.45, 2.75) is 32.5 Å². The summed E-state index contributed by atoms with van der Waals surface area (Å²) in [5.41, 5.74) is 1.46. The second-order valence-electron chi connectivity index (χ2n) is 9.35. The van der Waals surface area contributed by atoms with Crippen molar-refractivity contribution < 1.29 is 18.8 Å². The third-order valence-corrected chi connectivity index (χ3v) is 6.52. The molecule has 2 aliphatic rings. The molecule has 0 radical (unpaired) electrons. The Labute approximate surface area is 209 Å². The largest absolute Gasteiger partial charge is 0.337 e. The number of carbonyl (C=O) groups is 3. The highest BCUT2D eigenvalue weighted by atomic mass is 35.5. The molecule has 2 aromatic carbocycles. The zero-order valence-corrected chi connectivity index (χ0v) is 20.5. The monoisotopic (exact) mass is 498 g/mol. The van der Waals surface area contributed by atoms with Crippen molar-refractivity contribution in [3.63, 3.8) is 0 Å². The number of nitrogens with zero attached hydrogens (tertiary/aromatic N) is 3. The molecule has 2 aliphatic heterocycles. The van der Waals surface area contributed by atoms with E-state index in [1.54, 1.807) is 55.2 Å². The summed E-state index contributed by atoms with van der Waals surface area (Å²) in [7, 11) is 0. The Balaban J connectivity index is 1.37. The van der Waals surface area contributed by atoms with Gasteiger partial charge >= 0.3 is 6.03 Å². The van der Waals surface area contributed by atoms with Crippen LogP contribution in [0.15, 0.2) is 48.5 Å². The molecule has 4 rings (SSSR count). The lowest BCUT2D eigenvalue weighted by Crippen LogP contribution is -2.47. The first-order valence-electron chi connectivity index (χ1n) is 11.5. The van der Waals surface area contributed by atoms with Crippen LogP contribution in [0.3, 0.4) is 0 Å². The number of nitrogens with one attached hydrogen (secondary N) is 1. The van der Waals surface area contributed by atoms with Crippen molar-refractivity contribution in [1.82, 2.24) is 20.0 Å². The molecule has 0 bridgehead atoms. The van der Waals surface area contributed by atoms with Crippen molar-refractivity contribution in [2.24, 2.45) is 0 Å². The van der Waals surface area contributed by atoms with E-state index >= 15 is 0 Å². The number of halogens is 2. The van der Waals surface area contributed by atoms with Gasteiger partial charge < -0.3 is 10.2 Å². The van der Waals surface area contributed by atoms with Crippen LogP contribution in [0.5, 0.6) is 0 Å². The fourth-order valence-corrected chi connectivity index (χ4v) is 4.44. The minimum absolute atomic E-state index is 0.0601. The van der Waals surface area contributed by atoms with Crippen LogP contribution in [0.1, 0.15) is 30.5 Å². The van der Waals surface area contributed by atoms with Gasteiger partial charge in [0.1, 0.15) is 11.4 Å². The van der Waals surface area contributed by atoms with Crippen LogP contribution >= 0.6 is 11.6 Å². The molecule has 4 amide bonds. The Bertz CT molecular complexity index is 1160. The van der Waals surface area contributed by atoms with E-state index in [2.05, 4.69) is 10.2 Å². The highest BCUT2D eigenvalue weighted by Crippen LogP contribution is 2.24. The zero-order chi connectivity index (χ0) is 25.2. The van der Waals surface area contributed by atoms with Gasteiger partial charge in [-0.1, -0.05) is 29.8 Å². The van der Waals surface area contributed by atoms with Gasteiger partial charge in [-0.15, -0.1) is 0 Å². The topological polar surface area (TPSA) is 73.0 Å². The minimum Gasteiger partial charge on any atom is -0.337 e. The Hall–Kier alpha value is -3.23. The smallest absolute Gasteiger partial charge is 0.325 e. The molecule has 2 aromatic rings. The third kappa shape index (κ3) is 5.89. The van der Waals surface area contributed by atoms with Gasteiger partial charge in [-0.2, -0.15) is 0 Å². The van der Waals surface area contributed by atoms with E-state index in [1.165, 1.54) is 18.2 Å². The van der Waals surface area contributed by atoms with Gasteiger partial charge in [-0.3, -0.25) is 19.4 Å². The van der Waals surface area contributed by atoms with E-state index in [-0.39, 0.29) is 24.2 Å². The Morgan fingerprint density at radius 1 is 1.06 bits per heavy atom. The maximum Gasteiger partial charge on any atom is 0.325 e. The number of amides is 4. The van der Waals surface area contributed by atoms with Crippen molar-refractivity contribution in [2.75, 3.05) is 26.2 Å². The molecule has 0 saturated carbocycles. The van der Waals surface area contributed by atoms with Crippen LogP contribution in [-0.2, 0) is 22.7 Å². The number of piperazine rings is 1.